The lowest BCUT2D eigenvalue weighted by Crippen LogP contribution is -1.94. The van der Waals surface area contributed by atoms with Gasteiger partial charge in [-0.3, -0.25) is 0 Å². The maximum atomic E-state index is 6.13. The van der Waals surface area contributed by atoms with Gasteiger partial charge in [0.25, 0.3) is 0 Å². The first-order valence-electron chi connectivity index (χ1n) is 5.11. The summed E-state index contributed by atoms with van der Waals surface area (Å²) < 4.78 is 0. The van der Waals surface area contributed by atoms with Gasteiger partial charge in [-0.15, -0.1) is 0 Å². The van der Waals surface area contributed by atoms with E-state index >= 15 is 0 Å². The van der Waals surface area contributed by atoms with Crippen LogP contribution in [0.25, 0.3) is 0 Å². The van der Waals surface area contributed by atoms with Gasteiger partial charge in [0.15, 0.2) is 0 Å². The summed E-state index contributed by atoms with van der Waals surface area (Å²) in [6.07, 6.45) is 1.78. The molecule has 0 bridgehead atoms. The van der Waals surface area contributed by atoms with Crippen molar-refractivity contribution in [1.29, 1.82) is 0 Å². The molecule has 1 aromatic carbocycles. The number of benzene rings is 1. The van der Waals surface area contributed by atoms with Gasteiger partial charge in [0.2, 0.25) is 0 Å². The zero-order chi connectivity index (χ0) is 11.5. The Morgan fingerprint density at radius 1 is 1.06 bits per heavy atom. The fourth-order valence-corrected chi connectivity index (χ4v) is 1.75. The van der Waals surface area contributed by atoms with Crippen LogP contribution in [0.1, 0.15) is 11.1 Å². The van der Waals surface area contributed by atoms with Crippen LogP contribution in [0.4, 0.5) is 11.5 Å². The number of halogens is 1. The Morgan fingerprint density at radius 2 is 1.81 bits per heavy atom. The van der Waals surface area contributed by atoms with Crippen LogP contribution in [-0.4, -0.2) is 4.98 Å². The molecule has 0 spiro atoms. The number of nitrogens with one attached hydrogen (secondary N) is 1. The minimum atomic E-state index is 0.711. The molecule has 0 amide bonds. The molecule has 0 fully saturated rings. The van der Waals surface area contributed by atoms with Crippen molar-refractivity contribution in [2.45, 2.75) is 13.8 Å². The molecule has 0 unspecified atom stereocenters. The molecular formula is C13H13ClN2. The second kappa shape index (κ2) is 4.54. The largest absolute Gasteiger partial charge is 0.339 e. The zero-order valence-corrected chi connectivity index (χ0v) is 10.0. The molecule has 1 heterocycles. The molecule has 16 heavy (non-hydrogen) atoms. The predicted octanol–water partition coefficient (Wildman–Crippen LogP) is 4.10. The van der Waals surface area contributed by atoms with Crippen LogP contribution < -0.4 is 5.32 Å². The fraction of sp³-hybridized carbons (Fsp3) is 0.154. The maximum Gasteiger partial charge on any atom is 0.130 e. The van der Waals surface area contributed by atoms with Crippen LogP contribution in [0.3, 0.4) is 0 Å². The summed E-state index contributed by atoms with van der Waals surface area (Å²) in [6.45, 7) is 4.05. The summed E-state index contributed by atoms with van der Waals surface area (Å²) in [5, 5.41) is 3.91. The molecule has 1 aromatic heterocycles. The van der Waals surface area contributed by atoms with Crippen molar-refractivity contribution in [2.24, 2.45) is 0 Å². The van der Waals surface area contributed by atoms with Crippen molar-refractivity contribution < 1.29 is 0 Å². The first-order chi connectivity index (χ1) is 7.65. The topological polar surface area (TPSA) is 24.9 Å². The standard InChI is InChI=1S/C13H13ClN2/c1-9-3-4-12(11(14)7-9)16-13-8-10(2)5-6-15-13/h3-8H,1-2H3,(H,15,16). The molecule has 0 saturated carbocycles. The van der Waals surface area contributed by atoms with Crippen LogP contribution in [0.15, 0.2) is 36.5 Å². The van der Waals surface area contributed by atoms with E-state index in [0.717, 1.165) is 17.1 Å². The Hall–Kier alpha value is -1.54. The molecule has 0 aliphatic rings. The number of aromatic nitrogens is 1. The lowest BCUT2D eigenvalue weighted by molar-refractivity contribution is 1.27. The highest BCUT2D eigenvalue weighted by atomic mass is 35.5. The third-order valence-corrected chi connectivity index (χ3v) is 2.62. The maximum absolute atomic E-state index is 6.13. The van der Waals surface area contributed by atoms with E-state index in [9.17, 15) is 0 Å². The Morgan fingerprint density at radius 3 is 2.50 bits per heavy atom. The molecular weight excluding hydrogens is 220 g/mol. The minimum Gasteiger partial charge on any atom is -0.339 e. The molecule has 2 aromatic rings. The van der Waals surface area contributed by atoms with Crippen LogP contribution in [-0.2, 0) is 0 Å². The average molecular weight is 233 g/mol. The van der Waals surface area contributed by atoms with E-state index in [1.54, 1.807) is 6.20 Å². The van der Waals surface area contributed by atoms with Crippen LogP contribution >= 0.6 is 11.6 Å². The van der Waals surface area contributed by atoms with Gasteiger partial charge in [-0.25, -0.2) is 4.98 Å². The number of nitrogens with zero attached hydrogens (tertiary/aromatic N) is 1. The third-order valence-electron chi connectivity index (χ3n) is 2.30. The molecule has 2 nitrogen and oxygen atoms in total. The van der Waals surface area contributed by atoms with E-state index in [1.807, 2.05) is 44.2 Å². The summed E-state index contributed by atoms with van der Waals surface area (Å²) in [6, 6.07) is 9.85. The molecule has 0 aliphatic heterocycles. The summed E-state index contributed by atoms with van der Waals surface area (Å²) in [4.78, 5) is 4.23. The SMILES string of the molecule is Cc1ccnc(Nc2ccc(C)cc2Cl)c1. The van der Waals surface area contributed by atoms with Crippen molar-refractivity contribution in [3.8, 4) is 0 Å². The van der Waals surface area contributed by atoms with E-state index in [4.69, 9.17) is 11.6 Å². The Kier molecular flexibility index (Phi) is 3.11. The number of pyridine rings is 1. The van der Waals surface area contributed by atoms with Gasteiger partial charge in [0.1, 0.15) is 5.82 Å². The number of rotatable bonds is 2. The van der Waals surface area contributed by atoms with Crippen LogP contribution in [0, 0.1) is 13.8 Å². The Balaban J connectivity index is 2.27. The lowest BCUT2D eigenvalue weighted by Gasteiger charge is -2.08. The number of hydrogen-bond acceptors (Lipinski definition) is 2. The number of anilines is 2. The summed E-state index contributed by atoms with van der Waals surface area (Å²) in [5.74, 6) is 0.811. The highest BCUT2D eigenvalue weighted by Gasteiger charge is 2.01. The van der Waals surface area contributed by atoms with Crippen molar-refractivity contribution in [2.75, 3.05) is 5.32 Å². The molecule has 0 atom stereocenters. The highest BCUT2D eigenvalue weighted by Crippen LogP contribution is 2.25. The molecule has 2 rings (SSSR count). The first-order valence-corrected chi connectivity index (χ1v) is 5.49. The van der Waals surface area contributed by atoms with E-state index in [2.05, 4.69) is 10.3 Å². The van der Waals surface area contributed by atoms with Crippen molar-refractivity contribution >= 4 is 23.1 Å². The Labute approximate surface area is 100 Å². The zero-order valence-electron chi connectivity index (χ0n) is 9.29. The monoisotopic (exact) mass is 232 g/mol. The number of aryl methyl sites for hydroxylation is 2. The summed E-state index contributed by atoms with van der Waals surface area (Å²) >= 11 is 6.13. The van der Waals surface area contributed by atoms with Crippen molar-refractivity contribution in [1.82, 2.24) is 4.98 Å². The predicted molar refractivity (Wildman–Crippen MR) is 68.4 cm³/mol. The average Bonchev–Trinajstić information content (AvgIpc) is 2.22. The van der Waals surface area contributed by atoms with Crippen molar-refractivity contribution in [3.63, 3.8) is 0 Å². The van der Waals surface area contributed by atoms with Crippen molar-refractivity contribution in [3.05, 3.63) is 52.7 Å². The van der Waals surface area contributed by atoms with Gasteiger partial charge in [0.05, 0.1) is 10.7 Å². The second-order valence-electron chi connectivity index (χ2n) is 3.83. The molecule has 0 aliphatic carbocycles. The van der Waals surface area contributed by atoms with Crippen LogP contribution in [0.5, 0.6) is 0 Å². The van der Waals surface area contributed by atoms with E-state index in [-0.39, 0.29) is 0 Å². The smallest absolute Gasteiger partial charge is 0.130 e. The molecule has 82 valence electrons. The van der Waals surface area contributed by atoms with Gasteiger partial charge < -0.3 is 5.32 Å². The van der Waals surface area contributed by atoms with E-state index < -0.39 is 0 Å². The van der Waals surface area contributed by atoms with Gasteiger partial charge in [0, 0.05) is 6.20 Å². The summed E-state index contributed by atoms with van der Waals surface area (Å²) in [5.41, 5.74) is 3.19. The van der Waals surface area contributed by atoms with E-state index in [0.29, 0.717) is 5.02 Å². The third kappa shape index (κ3) is 2.52. The minimum absolute atomic E-state index is 0.711. The Bertz CT molecular complexity index is 509. The quantitative estimate of drug-likeness (QED) is 0.844. The van der Waals surface area contributed by atoms with Gasteiger partial charge in [-0.2, -0.15) is 0 Å². The first kappa shape index (κ1) is 11.0. The molecule has 3 heteroatoms. The summed E-state index contributed by atoms with van der Waals surface area (Å²) in [7, 11) is 0. The number of hydrogen-bond donors (Lipinski definition) is 1. The van der Waals surface area contributed by atoms with Gasteiger partial charge in [-0.05, 0) is 49.2 Å². The van der Waals surface area contributed by atoms with Crippen LogP contribution in [0.2, 0.25) is 5.02 Å². The molecule has 0 radical (unpaired) electrons. The molecule has 0 saturated heterocycles. The van der Waals surface area contributed by atoms with Gasteiger partial charge in [-0.1, -0.05) is 17.7 Å². The second-order valence-corrected chi connectivity index (χ2v) is 4.23. The molecule has 1 N–H and O–H groups in total. The normalized spacial score (nSPS) is 10.2. The fourth-order valence-electron chi connectivity index (χ4n) is 1.46. The van der Waals surface area contributed by atoms with E-state index in [1.165, 1.54) is 5.56 Å². The lowest BCUT2D eigenvalue weighted by atomic mass is 10.2. The van der Waals surface area contributed by atoms with Gasteiger partial charge >= 0.3 is 0 Å². The highest BCUT2D eigenvalue weighted by molar-refractivity contribution is 6.33.